The van der Waals surface area contributed by atoms with Gasteiger partial charge in [-0.1, -0.05) is 51.5 Å². The average Bonchev–Trinajstić information content (AvgIpc) is 3.13. The van der Waals surface area contributed by atoms with E-state index in [2.05, 4.69) is 61.2 Å². The fourth-order valence-corrected chi connectivity index (χ4v) is 6.25. The summed E-state index contributed by atoms with van der Waals surface area (Å²) in [5.74, 6) is 2.24. The maximum Gasteiger partial charge on any atom is 0.135 e. The Morgan fingerprint density at radius 2 is 1.70 bits per heavy atom. The van der Waals surface area contributed by atoms with E-state index in [1.807, 2.05) is 18.2 Å². The molecule has 1 saturated carbocycles. The van der Waals surface area contributed by atoms with Crippen molar-refractivity contribution in [3.05, 3.63) is 76.7 Å². The van der Waals surface area contributed by atoms with Crippen molar-refractivity contribution in [1.82, 2.24) is 15.2 Å². The largest absolute Gasteiger partial charge is 0.243 e. The first-order chi connectivity index (χ1) is 15.5. The number of fused-ring (bicyclic) bond motifs is 5. The molecule has 0 aliphatic heterocycles. The van der Waals surface area contributed by atoms with Crippen molar-refractivity contribution in [2.45, 2.75) is 57.7 Å². The quantitative estimate of drug-likeness (QED) is 0.336. The van der Waals surface area contributed by atoms with E-state index in [9.17, 15) is 8.78 Å². The smallest absolute Gasteiger partial charge is 0.135 e. The minimum absolute atomic E-state index is 0.121. The molecule has 0 radical (unpaired) electrons. The minimum Gasteiger partial charge on any atom is -0.243 e. The molecule has 3 nitrogen and oxygen atoms in total. The van der Waals surface area contributed by atoms with E-state index >= 15 is 0 Å². The van der Waals surface area contributed by atoms with Crippen molar-refractivity contribution in [2.75, 3.05) is 0 Å². The lowest BCUT2D eigenvalue weighted by Gasteiger charge is -2.37. The van der Waals surface area contributed by atoms with Crippen LogP contribution in [-0.2, 0) is 5.41 Å². The van der Waals surface area contributed by atoms with Crippen LogP contribution in [0.1, 0.15) is 55.3 Å². The Morgan fingerprint density at radius 3 is 2.39 bits per heavy atom. The van der Waals surface area contributed by atoms with Crippen LogP contribution in [0.5, 0.6) is 0 Å². The summed E-state index contributed by atoms with van der Waals surface area (Å²) in [6.07, 6.45) is 1.88. The zero-order valence-corrected chi connectivity index (χ0v) is 20.6. The van der Waals surface area contributed by atoms with Crippen LogP contribution in [0.4, 0.5) is 8.78 Å². The summed E-state index contributed by atoms with van der Waals surface area (Å²) in [6.45, 7) is 11.1. The molecular formula is C27H27F2N3Si. The summed E-state index contributed by atoms with van der Waals surface area (Å²) < 4.78 is 28.9. The highest BCUT2D eigenvalue weighted by atomic mass is 28.3. The van der Waals surface area contributed by atoms with Crippen LogP contribution in [-0.4, -0.2) is 23.3 Å². The highest BCUT2D eigenvalue weighted by Crippen LogP contribution is 2.69. The molecule has 1 aromatic carbocycles. The highest BCUT2D eigenvalue weighted by Gasteiger charge is 2.65. The second kappa shape index (κ2) is 7.29. The van der Waals surface area contributed by atoms with E-state index in [1.165, 1.54) is 18.2 Å². The Morgan fingerprint density at radius 1 is 1.00 bits per heavy atom. The van der Waals surface area contributed by atoms with Gasteiger partial charge in [0, 0.05) is 0 Å². The van der Waals surface area contributed by atoms with Crippen molar-refractivity contribution in [2.24, 2.45) is 5.41 Å². The lowest BCUT2D eigenvalue weighted by atomic mass is 9.66. The van der Waals surface area contributed by atoms with Gasteiger partial charge in [0.05, 0.1) is 28.1 Å². The molecule has 3 aromatic rings. The number of hydrogen-bond acceptors (Lipinski definition) is 3. The normalized spacial score (nSPS) is 22.6. The maximum atomic E-state index is 14.4. The van der Waals surface area contributed by atoms with E-state index in [-0.39, 0.29) is 22.6 Å². The molecule has 0 N–H and O–H groups in total. The van der Waals surface area contributed by atoms with Crippen LogP contribution in [0.15, 0.2) is 42.5 Å². The fraction of sp³-hybridized carbons (Fsp3) is 0.370. The topological polar surface area (TPSA) is 38.7 Å². The van der Waals surface area contributed by atoms with Gasteiger partial charge in [0.25, 0.3) is 0 Å². The Hall–Kier alpha value is -2.91. The van der Waals surface area contributed by atoms with Crippen LogP contribution in [0.2, 0.25) is 19.6 Å². The summed E-state index contributed by atoms with van der Waals surface area (Å²) in [4.78, 5) is 4.99. The molecule has 5 rings (SSSR count). The third-order valence-corrected chi connectivity index (χ3v) is 8.23. The Labute approximate surface area is 194 Å². The molecule has 6 heteroatoms. The molecule has 2 aromatic heterocycles. The molecule has 2 atom stereocenters. The molecule has 0 amide bonds. The van der Waals surface area contributed by atoms with Crippen LogP contribution in [0.25, 0.3) is 11.3 Å². The summed E-state index contributed by atoms with van der Waals surface area (Å²) in [5, 5.41) is 8.92. The molecule has 168 valence electrons. The lowest BCUT2D eigenvalue weighted by Crippen LogP contribution is -2.38. The van der Waals surface area contributed by atoms with Crippen molar-refractivity contribution >= 4 is 8.07 Å². The molecule has 2 bridgehead atoms. The summed E-state index contributed by atoms with van der Waals surface area (Å²) in [5.41, 5.74) is 6.60. The zero-order valence-electron chi connectivity index (χ0n) is 19.6. The minimum atomic E-state index is -1.53. The number of hydrogen-bond donors (Lipinski definition) is 0. The monoisotopic (exact) mass is 459 g/mol. The molecule has 33 heavy (non-hydrogen) atoms. The Kier molecular flexibility index (Phi) is 4.84. The Bertz CT molecular complexity index is 1310. The third kappa shape index (κ3) is 3.25. The Balaban J connectivity index is 1.66. The predicted molar refractivity (Wildman–Crippen MR) is 128 cm³/mol. The van der Waals surface area contributed by atoms with E-state index in [1.54, 1.807) is 0 Å². The average molecular weight is 460 g/mol. The van der Waals surface area contributed by atoms with Crippen LogP contribution < -0.4 is 0 Å². The first-order valence-corrected chi connectivity index (χ1v) is 14.9. The van der Waals surface area contributed by atoms with Gasteiger partial charge in [0.15, 0.2) is 0 Å². The number of rotatable bonds is 2. The van der Waals surface area contributed by atoms with Crippen molar-refractivity contribution in [1.29, 1.82) is 0 Å². The van der Waals surface area contributed by atoms with Crippen molar-refractivity contribution in [3.63, 3.8) is 0 Å². The van der Waals surface area contributed by atoms with Gasteiger partial charge in [0.2, 0.25) is 0 Å². The highest BCUT2D eigenvalue weighted by molar-refractivity contribution is 6.83. The van der Waals surface area contributed by atoms with Gasteiger partial charge in [-0.25, -0.2) is 13.8 Å². The summed E-state index contributed by atoms with van der Waals surface area (Å²) in [7, 11) is -1.53. The van der Waals surface area contributed by atoms with Gasteiger partial charge < -0.3 is 0 Å². The molecule has 2 heterocycles. The molecule has 0 saturated heterocycles. The van der Waals surface area contributed by atoms with Crippen LogP contribution in [0.3, 0.4) is 0 Å². The molecule has 1 fully saturated rings. The molecule has 0 spiro atoms. The SMILES string of the molecule is CC1(C)[C@H]2CC[C@@]1(c1cccc(C#C[Si](C)(C)C)n1)c1nnc(-c3c(F)cccc3F)cc12. The molecule has 2 aliphatic rings. The first kappa shape index (κ1) is 21.9. The fourth-order valence-electron chi connectivity index (χ4n) is 5.75. The van der Waals surface area contributed by atoms with E-state index < -0.39 is 25.1 Å². The maximum absolute atomic E-state index is 14.4. The van der Waals surface area contributed by atoms with Crippen LogP contribution >= 0.6 is 0 Å². The van der Waals surface area contributed by atoms with Gasteiger partial charge in [-0.05, 0) is 60.1 Å². The molecule has 0 unspecified atom stereocenters. The van der Waals surface area contributed by atoms with Crippen LogP contribution in [0, 0.1) is 28.5 Å². The number of nitrogens with zero attached hydrogens (tertiary/aromatic N) is 3. The number of pyridine rings is 1. The second-order valence-corrected chi connectivity index (χ2v) is 15.5. The van der Waals surface area contributed by atoms with Crippen molar-refractivity contribution in [3.8, 4) is 22.7 Å². The van der Waals surface area contributed by atoms with Gasteiger partial charge in [-0.3, -0.25) is 0 Å². The summed E-state index contributed by atoms with van der Waals surface area (Å²) in [6, 6.07) is 11.7. The number of halogens is 2. The zero-order chi connectivity index (χ0) is 23.6. The predicted octanol–water partition coefficient (Wildman–Crippen LogP) is 6.25. The third-order valence-electron chi connectivity index (χ3n) is 7.35. The second-order valence-electron chi connectivity index (χ2n) is 10.8. The van der Waals surface area contributed by atoms with E-state index in [4.69, 9.17) is 4.98 Å². The van der Waals surface area contributed by atoms with E-state index in [0.717, 1.165) is 35.5 Å². The number of aromatic nitrogens is 3. The number of benzene rings is 1. The van der Waals surface area contributed by atoms with Gasteiger partial charge in [-0.2, -0.15) is 5.10 Å². The van der Waals surface area contributed by atoms with Gasteiger partial charge >= 0.3 is 0 Å². The summed E-state index contributed by atoms with van der Waals surface area (Å²) >= 11 is 0. The molecular weight excluding hydrogens is 432 g/mol. The molecule has 2 aliphatic carbocycles. The van der Waals surface area contributed by atoms with E-state index in [0.29, 0.717) is 0 Å². The first-order valence-electron chi connectivity index (χ1n) is 11.4. The van der Waals surface area contributed by atoms with Gasteiger partial charge in [-0.15, -0.1) is 10.6 Å². The van der Waals surface area contributed by atoms with Gasteiger partial charge in [0.1, 0.15) is 25.4 Å². The lowest BCUT2D eigenvalue weighted by molar-refractivity contribution is 0.243. The standard InChI is InChI=1S/C27H27F2N3Si/c1-26(2)19-12-14-27(26,23-11-6-8-17(30-23)13-15-33(3,4)5)25-18(19)16-22(31-32-25)24-20(28)9-7-10-21(24)29/h6-11,16,19H,12,14H2,1-5H3/t19-,27+/m0/s1. The van der Waals surface area contributed by atoms with Crippen molar-refractivity contribution < 1.29 is 8.78 Å².